The first-order valence-electron chi connectivity index (χ1n) is 9.44. The molecule has 2 aliphatic rings. The quantitative estimate of drug-likeness (QED) is 0.644. The fourth-order valence-corrected chi connectivity index (χ4v) is 3.23. The van der Waals surface area contributed by atoms with Crippen LogP contribution < -0.4 is 9.47 Å². The number of fused-ring (bicyclic) bond motifs is 1. The topological polar surface area (TPSA) is 67.3 Å². The van der Waals surface area contributed by atoms with Crippen molar-refractivity contribution in [2.75, 3.05) is 19.7 Å². The van der Waals surface area contributed by atoms with Gasteiger partial charge in [-0.05, 0) is 48.0 Å². The standard InChI is InChI=1S/C21H16ClF3N4O3/c22-15-6-9-19(26-12-15)31-11-10-29-20(30)13-28-17(2-1-3-18(28)27-29)14-4-7-16(8-5-14)32-21(23,24)25/h1-9,12H,10-11,13H2. The van der Waals surface area contributed by atoms with Crippen molar-refractivity contribution in [1.29, 1.82) is 0 Å². The molecule has 0 N–H and O–H groups in total. The van der Waals surface area contributed by atoms with Crippen LogP contribution in [0.1, 0.15) is 5.56 Å². The summed E-state index contributed by atoms with van der Waals surface area (Å²) in [6.07, 6.45) is 1.96. The number of alkyl halides is 3. The van der Waals surface area contributed by atoms with Crippen LogP contribution in [0.5, 0.6) is 11.6 Å². The molecule has 2 aromatic rings. The van der Waals surface area contributed by atoms with Gasteiger partial charge in [0.05, 0.1) is 17.3 Å². The van der Waals surface area contributed by atoms with Gasteiger partial charge in [-0.15, -0.1) is 13.2 Å². The highest BCUT2D eigenvalue weighted by Crippen LogP contribution is 2.29. The summed E-state index contributed by atoms with van der Waals surface area (Å²) in [5.41, 5.74) is 1.26. The summed E-state index contributed by atoms with van der Waals surface area (Å²) in [5, 5.41) is 6.18. The lowest BCUT2D eigenvalue weighted by Crippen LogP contribution is -2.47. The molecule has 0 unspecified atom stereocenters. The van der Waals surface area contributed by atoms with Crippen molar-refractivity contribution in [3.8, 4) is 11.6 Å². The maximum absolute atomic E-state index is 12.6. The average molecular weight is 465 g/mol. The molecule has 0 saturated carbocycles. The van der Waals surface area contributed by atoms with Crippen LogP contribution >= 0.6 is 11.6 Å². The minimum Gasteiger partial charge on any atom is -0.476 e. The molecule has 32 heavy (non-hydrogen) atoms. The van der Waals surface area contributed by atoms with E-state index in [9.17, 15) is 18.0 Å². The van der Waals surface area contributed by atoms with Gasteiger partial charge in [0.15, 0.2) is 5.84 Å². The number of ether oxygens (including phenoxy) is 2. The molecule has 3 heterocycles. The third-order valence-corrected chi connectivity index (χ3v) is 4.73. The van der Waals surface area contributed by atoms with E-state index in [1.807, 2.05) is 0 Å². The van der Waals surface area contributed by atoms with Crippen LogP contribution in [0.4, 0.5) is 13.2 Å². The van der Waals surface area contributed by atoms with Crippen LogP contribution in [0, 0.1) is 0 Å². The average Bonchev–Trinajstić information content (AvgIpc) is 2.75. The Balaban J connectivity index is 1.42. The van der Waals surface area contributed by atoms with Crippen molar-refractivity contribution >= 4 is 29.0 Å². The number of nitrogens with zero attached hydrogens (tertiary/aromatic N) is 4. The Hall–Kier alpha value is -3.53. The number of pyridine rings is 1. The second-order valence-corrected chi connectivity index (χ2v) is 7.14. The lowest BCUT2D eigenvalue weighted by atomic mass is 10.1. The first-order valence-corrected chi connectivity index (χ1v) is 9.82. The summed E-state index contributed by atoms with van der Waals surface area (Å²) in [4.78, 5) is 18.3. The van der Waals surface area contributed by atoms with Crippen LogP contribution in [-0.2, 0) is 4.79 Å². The minimum absolute atomic E-state index is 0.0228. The van der Waals surface area contributed by atoms with Gasteiger partial charge >= 0.3 is 6.36 Å². The summed E-state index contributed by atoms with van der Waals surface area (Å²) in [6, 6.07) is 8.70. The van der Waals surface area contributed by atoms with Crippen LogP contribution in [0.25, 0.3) is 5.70 Å². The van der Waals surface area contributed by atoms with E-state index in [4.69, 9.17) is 16.3 Å². The van der Waals surface area contributed by atoms with E-state index in [2.05, 4.69) is 14.8 Å². The Morgan fingerprint density at radius 2 is 1.91 bits per heavy atom. The van der Waals surface area contributed by atoms with E-state index in [1.54, 1.807) is 35.3 Å². The zero-order valence-electron chi connectivity index (χ0n) is 16.4. The molecule has 0 atom stereocenters. The van der Waals surface area contributed by atoms with Crippen LogP contribution in [0.2, 0.25) is 5.02 Å². The summed E-state index contributed by atoms with van der Waals surface area (Å²) in [5.74, 6) is 0.342. The summed E-state index contributed by atoms with van der Waals surface area (Å²) in [6.45, 7) is 0.427. The summed E-state index contributed by atoms with van der Waals surface area (Å²) < 4.78 is 46.5. The molecule has 4 rings (SSSR count). The van der Waals surface area contributed by atoms with E-state index >= 15 is 0 Å². The van der Waals surface area contributed by atoms with E-state index in [-0.39, 0.29) is 31.4 Å². The number of benzene rings is 1. The second-order valence-electron chi connectivity index (χ2n) is 6.71. The van der Waals surface area contributed by atoms with Gasteiger partial charge in [-0.25, -0.2) is 9.99 Å². The molecule has 7 nitrogen and oxygen atoms in total. The predicted octanol–water partition coefficient (Wildman–Crippen LogP) is 4.08. The van der Waals surface area contributed by atoms with Gasteiger partial charge in [0.1, 0.15) is 18.9 Å². The zero-order valence-corrected chi connectivity index (χ0v) is 17.2. The Morgan fingerprint density at radius 1 is 1.12 bits per heavy atom. The monoisotopic (exact) mass is 464 g/mol. The van der Waals surface area contributed by atoms with Gasteiger partial charge in [-0.3, -0.25) is 4.79 Å². The van der Waals surface area contributed by atoms with Gasteiger partial charge in [0, 0.05) is 12.3 Å². The fraction of sp³-hybridized carbons (Fsp3) is 0.190. The molecule has 1 aromatic carbocycles. The highest BCUT2D eigenvalue weighted by molar-refractivity contribution is 6.30. The number of halogens is 4. The molecule has 0 saturated heterocycles. The number of allylic oxidation sites excluding steroid dienone is 2. The molecule has 11 heteroatoms. The molecule has 0 aliphatic carbocycles. The van der Waals surface area contributed by atoms with Crippen molar-refractivity contribution < 1.29 is 27.4 Å². The Kier molecular flexibility index (Phi) is 6.04. The Labute approximate surface area is 186 Å². The lowest BCUT2D eigenvalue weighted by molar-refractivity contribution is -0.274. The Bertz CT molecular complexity index is 1080. The zero-order chi connectivity index (χ0) is 22.7. The molecule has 0 bridgehead atoms. The van der Waals surface area contributed by atoms with Crippen molar-refractivity contribution in [1.82, 2.24) is 14.9 Å². The molecule has 0 fully saturated rings. The Morgan fingerprint density at radius 3 is 2.59 bits per heavy atom. The maximum atomic E-state index is 12.6. The fourth-order valence-electron chi connectivity index (χ4n) is 3.12. The first-order chi connectivity index (χ1) is 15.3. The number of carbonyl (C=O) groups is 1. The highest BCUT2D eigenvalue weighted by Gasteiger charge is 2.32. The minimum atomic E-state index is -4.76. The van der Waals surface area contributed by atoms with Crippen molar-refractivity contribution in [2.24, 2.45) is 5.10 Å². The second kappa shape index (κ2) is 8.91. The van der Waals surface area contributed by atoms with Crippen LogP contribution in [-0.4, -0.2) is 52.7 Å². The summed E-state index contributed by atoms with van der Waals surface area (Å²) >= 11 is 5.78. The lowest BCUT2D eigenvalue weighted by Gasteiger charge is -2.35. The highest BCUT2D eigenvalue weighted by atomic mass is 35.5. The molecule has 166 valence electrons. The van der Waals surface area contributed by atoms with Crippen LogP contribution in [0.15, 0.2) is 65.9 Å². The van der Waals surface area contributed by atoms with E-state index in [1.165, 1.54) is 35.5 Å². The molecule has 0 spiro atoms. The number of amides is 1. The SMILES string of the molecule is O=C1CN2C(c3ccc(OC(F)(F)F)cc3)=CC=CC2=NN1CCOc1ccc(Cl)cn1. The maximum Gasteiger partial charge on any atom is 0.573 e. The van der Waals surface area contributed by atoms with Crippen molar-refractivity contribution in [3.63, 3.8) is 0 Å². The normalized spacial score (nSPS) is 15.8. The van der Waals surface area contributed by atoms with Crippen LogP contribution in [0.3, 0.4) is 0 Å². The predicted molar refractivity (Wildman–Crippen MR) is 111 cm³/mol. The van der Waals surface area contributed by atoms with E-state index in [0.29, 0.717) is 28.0 Å². The molecular weight excluding hydrogens is 449 g/mol. The number of hydrogen-bond donors (Lipinski definition) is 0. The molecule has 1 amide bonds. The number of hydrogen-bond acceptors (Lipinski definition) is 6. The molecule has 1 aromatic heterocycles. The van der Waals surface area contributed by atoms with Gasteiger partial charge < -0.3 is 14.4 Å². The van der Waals surface area contributed by atoms with Gasteiger partial charge in [-0.2, -0.15) is 5.10 Å². The van der Waals surface area contributed by atoms with Gasteiger partial charge in [-0.1, -0.05) is 17.7 Å². The first kappa shape index (κ1) is 21.7. The van der Waals surface area contributed by atoms with Gasteiger partial charge in [0.2, 0.25) is 5.88 Å². The molecule has 2 aliphatic heterocycles. The number of carbonyl (C=O) groups excluding carboxylic acids is 1. The third-order valence-electron chi connectivity index (χ3n) is 4.51. The summed E-state index contributed by atoms with van der Waals surface area (Å²) in [7, 11) is 0. The van der Waals surface area contributed by atoms with E-state index in [0.717, 1.165) is 0 Å². The van der Waals surface area contributed by atoms with E-state index < -0.39 is 6.36 Å². The van der Waals surface area contributed by atoms with Gasteiger partial charge in [0.25, 0.3) is 5.91 Å². The number of amidine groups is 1. The number of rotatable bonds is 6. The smallest absolute Gasteiger partial charge is 0.476 e. The van der Waals surface area contributed by atoms with Crippen molar-refractivity contribution in [3.05, 3.63) is 71.4 Å². The van der Waals surface area contributed by atoms with Crippen molar-refractivity contribution in [2.45, 2.75) is 6.36 Å². The molecular formula is C21H16ClF3N4O3. The number of hydrazone groups is 1. The largest absolute Gasteiger partial charge is 0.573 e. The molecule has 0 radical (unpaired) electrons. The number of aromatic nitrogens is 1. The third kappa shape index (κ3) is 5.20.